The molecule has 2 aromatic carbocycles. The van der Waals surface area contributed by atoms with Gasteiger partial charge in [-0.3, -0.25) is 4.98 Å². The second-order valence-electron chi connectivity index (χ2n) is 6.24. The molecule has 7 nitrogen and oxygen atoms in total. The molecule has 2 N–H and O–H groups in total. The summed E-state index contributed by atoms with van der Waals surface area (Å²) in [5.74, 6) is 0.630. The third-order valence-electron chi connectivity index (χ3n) is 4.71. The van der Waals surface area contributed by atoms with Gasteiger partial charge in [0.25, 0.3) is 0 Å². The zero-order valence-corrected chi connectivity index (χ0v) is 15.3. The Labute approximate surface area is 160 Å². The van der Waals surface area contributed by atoms with Crippen molar-refractivity contribution in [3.8, 4) is 11.4 Å². The fourth-order valence-corrected chi connectivity index (χ4v) is 3.87. The van der Waals surface area contributed by atoms with Crippen molar-refractivity contribution in [2.45, 2.75) is 0 Å². The van der Waals surface area contributed by atoms with Crippen LogP contribution >= 0.6 is 15.9 Å². The molecule has 0 saturated carbocycles. The maximum absolute atomic E-state index is 4.86. The number of para-hydroxylation sites is 1. The van der Waals surface area contributed by atoms with E-state index in [1.165, 1.54) is 0 Å². The highest BCUT2D eigenvalue weighted by atomic mass is 79.9. The predicted molar refractivity (Wildman–Crippen MR) is 107 cm³/mol. The number of hydrogen-bond donors (Lipinski definition) is 2. The van der Waals surface area contributed by atoms with Gasteiger partial charge in [-0.25, -0.2) is 9.97 Å². The monoisotopic (exact) mass is 415 g/mol. The summed E-state index contributed by atoms with van der Waals surface area (Å²) in [6.45, 7) is 0. The van der Waals surface area contributed by atoms with Crippen molar-refractivity contribution in [2.75, 3.05) is 0 Å². The number of aromatic amines is 2. The van der Waals surface area contributed by atoms with Crippen molar-refractivity contribution in [2.24, 2.45) is 0 Å². The van der Waals surface area contributed by atoms with Crippen molar-refractivity contribution in [1.82, 2.24) is 35.3 Å². The molecule has 0 aliphatic rings. The SMILES string of the molecule is Brc1ccc2c3nc(-c4cccc5n[nH]nc45)nc3c3cccnc3c2[nH]1. The molecule has 0 radical (unpaired) electrons. The van der Waals surface area contributed by atoms with Crippen LogP contribution in [0, 0.1) is 0 Å². The second kappa shape index (κ2) is 5.31. The van der Waals surface area contributed by atoms with Gasteiger partial charge in [0.15, 0.2) is 5.82 Å². The molecule has 4 heterocycles. The van der Waals surface area contributed by atoms with Crippen LogP contribution in [0.4, 0.5) is 0 Å². The van der Waals surface area contributed by atoms with Gasteiger partial charge in [-0.2, -0.15) is 15.4 Å². The zero-order valence-electron chi connectivity index (χ0n) is 13.7. The topological polar surface area (TPSA) is 96.0 Å². The Hall–Kier alpha value is -3.39. The van der Waals surface area contributed by atoms with Crippen LogP contribution in [0.3, 0.4) is 0 Å². The lowest BCUT2D eigenvalue weighted by Gasteiger charge is -2.05. The van der Waals surface area contributed by atoms with Crippen LogP contribution in [0.5, 0.6) is 0 Å². The lowest BCUT2D eigenvalue weighted by Crippen LogP contribution is -1.88. The van der Waals surface area contributed by atoms with Gasteiger partial charge in [0, 0.05) is 22.5 Å². The van der Waals surface area contributed by atoms with E-state index in [0.29, 0.717) is 5.82 Å². The summed E-state index contributed by atoms with van der Waals surface area (Å²) < 4.78 is 0.883. The minimum Gasteiger partial charge on any atom is -0.347 e. The number of H-pyrrole nitrogens is 2. The number of benzene rings is 2. The molecule has 128 valence electrons. The second-order valence-corrected chi connectivity index (χ2v) is 7.09. The van der Waals surface area contributed by atoms with E-state index in [9.17, 15) is 0 Å². The summed E-state index contributed by atoms with van der Waals surface area (Å²) in [6.07, 6.45) is 1.79. The largest absolute Gasteiger partial charge is 0.347 e. The Morgan fingerprint density at radius 2 is 1.67 bits per heavy atom. The minimum atomic E-state index is 0.630. The Balaban J connectivity index is 1.79. The van der Waals surface area contributed by atoms with Crippen LogP contribution in [0.1, 0.15) is 0 Å². The van der Waals surface area contributed by atoms with Gasteiger partial charge < -0.3 is 4.98 Å². The molecule has 0 aliphatic heterocycles. The van der Waals surface area contributed by atoms with E-state index in [4.69, 9.17) is 9.97 Å². The average Bonchev–Trinajstić information content (AvgIpc) is 3.35. The Morgan fingerprint density at radius 3 is 2.59 bits per heavy atom. The number of halogens is 1. The van der Waals surface area contributed by atoms with E-state index >= 15 is 0 Å². The van der Waals surface area contributed by atoms with Gasteiger partial charge >= 0.3 is 0 Å². The fraction of sp³-hybridized carbons (Fsp3) is 0. The molecule has 4 aromatic heterocycles. The van der Waals surface area contributed by atoms with Gasteiger partial charge in [0.1, 0.15) is 22.1 Å². The predicted octanol–water partition coefficient (Wildman–Crippen LogP) is 4.36. The molecule has 0 fully saturated rings. The first-order valence-corrected chi connectivity index (χ1v) is 9.11. The first-order chi connectivity index (χ1) is 13.3. The zero-order chi connectivity index (χ0) is 18.0. The van der Waals surface area contributed by atoms with Crippen LogP contribution in [-0.2, 0) is 0 Å². The third kappa shape index (κ3) is 2.04. The molecule has 6 aromatic rings. The molecule has 0 amide bonds. The van der Waals surface area contributed by atoms with E-state index in [0.717, 1.165) is 54.0 Å². The maximum atomic E-state index is 4.86. The molecule has 0 unspecified atom stereocenters. The van der Waals surface area contributed by atoms with Crippen LogP contribution < -0.4 is 0 Å². The Kier molecular flexibility index (Phi) is 2.90. The van der Waals surface area contributed by atoms with Gasteiger partial charge in [-0.05, 0) is 52.3 Å². The van der Waals surface area contributed by atoms with E-state index in [-0.39, 0.29) is 0 Å². The highest BCUT2D eigenvalue weighted by Gasteiger charge is 2.18. The van der Waals surface area contributed by atoms with Gasteiger partial charge in [-0.1, -0.05) is 6.07 Å². The van der Waals surface area contributed by atoms with Crippen molar-refractivity contribution in [3.05, 3.63) is 53.3 Å². The molecule has 0 bridgehead atoms. The first-order valence-electron chi connectivity index (χ1n) is 8.32. The highest BCUT2D eigenvalue weighted by molar-refractivity contribution is 9.10. The molecule has 0 spiro atoms. The Bertz CT molecular complexity index is 1500. The average molecular weight is 416 g/mol. The summed E-state index contributed by atoms with van der Waals surface area (Å²) in [5.41, 5.74) is 5.86. The van der Waals surface area contributed by atoms with E-state index in [1.54, 1.807) is 6.20 Å². The quantitative estimate of drug-likeness (QED) is 0.307. The Morgan fingerprint density at radius 1 is 0.778 bits per heavy atom. The number of rotatable bonds is 1. The number of nitrogens with zero attached hydrogens (tertiary/aromatic N) is 5. The highest BCUT2D eigenvalue weighted by Crippen LogP contribution is 2.35. The van der Waals surface area contributed by atoms with Crippen LogP contribution in [-0.4, -0.2) is 35.3 Å². The van der Waals surface area contributed by atoms with E-state index in [1.807, 2.05) is 42.5 Å². The number of imidazole rings is 1. The molecule has 0 aliphatic carbocycles. The summed E-state index contributed by atoms with van der Waals surface area (Å²) >= 11 is 3.51. The number of pyridine rings is 2. The van der Waals surface area contributed by atoms with Crippen LogP contribution in [0.15, 0.2) is 53.3 Å². The van der Waals surface area contributed by atoms with Crippen molar-refractivity contribution < 1.29 is 0 Å². The normalized spacial score (nSPS) is 11.9. The standard InChI is InChI=1S/C19H10BrN7/c20-13-7-6-10-16(22-13)15-9(4-2-8-21-15)17-18(10)24-19(23-17)11-3-1-5-12-14(11)26-27-25-12/h1-8,22H,(H,25,26,27). The molecular weight excluding hydrogens is 406 g/mol. The molecular formula is C19H10BrN7. The molecule has 0 atom stereocenters. The summed E-state index contributed by atoms with van der Waals surface area (Å²) in [5, 5.41) is 13.0. The lowest BCUT2D eigenvalue weighted by atomic mass is 10.1. The summed E-state index contributed by atoms with van der Waals surface area (Å²) in [6, 6.07) is 13.7. The van der Waals surface area contributed by atoms with Crippen LogP contribution in [0.25, 0.3) is 55.3 Å². The number of aromatic nitrogens is 7. The van der Waals surface area contributed by atoms with Crippen molar-refractivity contribution in [1.29, 1.82) is 0 Å². The fourth-order valence-electron chi connectivity index (χ4n) is 3.54. The lowest BCUT2D eigenvalue weighted by molar-refractivity contribution is 0.959. The number of fused-ring (bicyclic) bond motifs is 7. The van der Waals surface area contributed by atoms with Crippen molar-refractivity contribution >= 4 is 59.8 Å². The summed E-state index contributed by atoms with van der Waals surface area (Å²) in [4.78, 5) is 17.7. The number of nitrogens with one attached hydrogen (secondary N) is 2. The van der Waals surface area contributed by atoms with E-state index in [2.05, 4.69) is 41.3 Å². The summed E-state index contributed by atoms with van der Waals surface area (Å²) in [7, 11) is 0. The van der Waals surface area contributed by atoms with Gasteiger partial charge in [0.2, 0.25) is 0 Å². The van der Waals surface area contributed by atoms with Crippen LogP contribution in [0.2, 0.25) is 0 Å². The van der Waals surface area contributed by atoms with Crippen molar-refractivity contribution in [3.63, 3.8) is 0 Å². The molecule has 8 heteroatoms. The number of hydrogen-bond acceptors (Lipinski definition) is 5. The third-order valence-corrected chi connectivity index (χ3v) is 5.18. The minimum absolute atomic E-state index is 0.630. The molecule has 0 saturated heterocycles. The first kappa shape index (κ1) is 14.7. The van der Waals surface area contributed by atoms with E-state index < -0.39 is 0 Å². The maximum Gasteiger partial charge on any atom is 0.162 e. The van der Waals surface area contributed by atoms with Gasteiger partial charge in [-0.15, -0.1) is 0 Å². The molecule has 6 rings (SSSR count). The molecule has 27 heavy (non-hydrogen) atoms. The smallest absolute Gasteiger partial charge is 0.162 e. The van der Waals surface area contributed by atoms with Gasteiger partial charge in [0.05, 0.1) is 15.6 Å².